The van der Waals surface area contributed by atoms with Crippen molar-refractivity contribution in [3.8, 4) is 11.4 Å². The minimum absolute atomic E-state index is 0.124. The zero-order chi connectivity index (χ0) is 22.5. The number of nitrogen functional groups attached to an aromatic ring is 1. The molecule has 2 aromatic heterocycles. The van der Waals surface area contributed by atoms with Crippen LogP contribution < -0.4 is 10.6 Å². The minimum atomic E-state index is -3.67. The molecular formula is C22H25N5O3S2. The fraction of sp³-hybridized carbons (Fsp3) is 0.409. The van der Waals surface area contributed by atoms with Crippen LogP contribution in [0, 0.1) is 6.92 Å². The third kappa shape index (κ3) is 3.56. The van der Waals surface area contributed by atoms with Crippen molar-refractivity contribution in [1.29, 1.82) is 0 Å². The third-order valence-corrected chi connectivity index (χ3v) is 9.95. The van der Waals surface area contributed by atoms with E-state index in [9.17, 15) is 8.42 Å². The lowest BCUT2D eigenvalue weighted by atomic mass is 10.1. The molecule has 1 aliphatic carbocycles. The number of ether oxygens (including phenoxy) is 1. The Morgan fingerprint density at radius 2 is 1.94 bits per heavy atom. The molecule has 0 amide bonds. The number of nitrogens with zero attached hydrogens (tertiary/aromatic N) is 4. The van der Waals surface area contributed by atoms with Gasteiger partial charge in [0, 0.05) is 34.9 Å². The molecule has 3 aromatic rings. The first kappa shape index (κ1) is 21.3. The van der Waals surface area contributed by atoms with Crippen LogP contribution in [0.5, 0.6) is 0 Å². The van der Waals surface area contributed by atoms with Gasteiger partial charge in [-0.25, -0.2) is 23.4 Å². The molecule has 1 aromatic carbocycles. The van der Waals surface area contributed by atoms with Crippen molar-refractivity contribution in [2.75, 3.05) is 30.4 Å². The van der Waals surface area contributed by atoms with Crippen LogP contribution in [-0.2, 0) is 19.3 Å². The maximum Gasteiger partial charge on any atom is 0.216 e. The number of nitrogens with two attached hydrogens (primary N) is 1. The largest absolute Gasteiger partial charge is 0.399 e. The van der Waals surface area contributed by atoms with Gasteiger partial charge in [-0.15, -0.1) is 11.3 Å². The van der Waals surface area contributed by atoms with E-state index >= 15 is 0 Å². The van der Waals surface area contributed by atoms with Crippen LogP contribution in [0.1, 0.15) is 31.2 Å². The Morgan fingerprint density at radius 3 is 2.56 bits per heavy atom. The highest BCUT2D eigenvalue weighted by molar-refractivity contribution is 7.94. The monoisotopic (exact) mass is 471 g/mol. The molecule has 0 spiro atoms. The fourth-order valence-corrected chi connectivity index (χ4v) is 7.31. The van der Waals surface area contributed by atoms with Gasteiger partial charge in [0.15, 0.2) is 5.82 Å². The number of morpholine rings is 1. The molecule has 2 N–H and O–H groups in total. The lowest BCUT2D eigenvalue weighted by Gasteiger charge is -2.34. The summed E-state index contributed by atoms with van der Waals surface area (Å²) in [5.41, 5.74) is 8.53. The maximum atomic E-state index is 13.6. The lowest BCUT2D eigenvalue weighted by molar-refractivity contribution is 0.0985. The van der Waals surface area contributed by atoms with E-state index in [4.69, 9.17) is 20.4 Å². The average Bonchev–Trinajstić information content (AvgIpc) is 3.50. The molecule has 1 saturated heterocycles. The van der Waals surface area contributed by atoms with Gasteiger partial charge in [-0.05, 0) is 51.0 Å². The van der Waals surface area contributed by atoms with Gasteiger partial charge in [0.05, 0.1) is 24.9 Å². The van der Waals surface area contributed by atoms with Crippen LogP contribution >= 0.6 is 11.3 Å². The number of aryl methyl sites for hydroxylation is 1. The van der Waals surface area contributed by atoms with Crippen LogP contribution in [0.25, 0.3) is 11.4 Å². The predicted octanol–water partition coefficient (Wildman–Crippen LogP) is 3.18. The smallest absolute Gasteiger partial charge is 0.216 e. The highest BCUT2D eigenvalue weighted by Crippen LogP contribution is 2.55. The summed E-state index contributed by atoms with van der Waals surface area (Å²) in [5, 5.41) is 1.77. The van der Waals surface area contributed by atoms with Crippen molar-refractivity contribution in [3.63, 3.8) is 0 Å². The van der Waals surface area contributed by atoms with Gasteiger partial charge < -0.3 is 15.4 Å². The molecule has 168 valence electrons. The van der Waals surface area contributed by atoms with Crippen LogP contribution in [0.15, 0.2) is 40.1 Å². The van der Waals surface area contributed by atoms with Crippen molar-refractivity contribution >= 4 is 32.7 Å². The Hall–Kier alpha value is -2.56. The third-order valence-electron chi connectivity index (χ3n) is 6.06. The van der Waals surface area contributed by atoms with Crippen molar-refractivity contribution in [2.24, 2.45) is 0 Å². The second-order valence-corrected chi connectivity index (χ2v) is 11.7. The Morgan fingerprint density at radius 1 is 1.19 bits per heavy atom. The summed E-state index contributed by atoms with van der Waals surface area (Å²) in [5.74, 6) is 1.21. The van der Waals surface area contributed by atoms with E-state index in [1.165, 1.54) is 11.3 Å². The van der Waals surface area contributed by atoms with E-state index in [0.717, 1.165) is 11.4 Å². The Kier molecular flexibility index (Phi) is 5.18. The molecule has 32 heavy (non-hydrogen) atoms. The van der Waals surface area contributed by atoms with Crippen LogP contribution in [0.4, 0.5) is 11.5 Å². The molecular weight excluding hydrogens is 446 g/mol. The predicted molar refractivity (Wildman–Crippen MR) is 124 cm³/mol. The topological polar surface area (TPSA) is 111 Å². The zero-order valence-electron chi connectivity index (χ0n) is 18.0. The molecule has 2 aliphatic rings. The van der Waals surface area contributed by atoms with Crippen LogP contribution in [-0.4, -0.2) is 49.2 Å². The molecule has 3 heterocycles. The van der Waals surface area contributed by atoms with E-state index in [1.54, 1.807) is 24.4 Å². The van der Waals surface area contributed by atoms with Gasteiger partial charge in [-0.3, -0.25) is 0 Å². The molecule has 10 heteroatoms. The van der Waals surface area contributed by atoms with Gasteiger partial charge >= 0.3 is 0 Å². The lowest BCUT2D eigenvalue weighted by Crippen LogP contribution is -2.44. The number of sulfone groups is 1. The molecule has 1 aliphatic heterocycles. The number of thiazole rings is 1. The second kappa shape index (κ2) is 7.79. The first-order chi connectivity index (χ1) is 15.3. The second-order valence-electron chi connectivity index (χ2n) is 8.43. The van der Waals surface area contributed by atoms with Crippen LogP contribution in [0.2, 0.25) is 0 Å². The molecule has 1 saturated carbocycles. The molecule has 0 unspecified atom stereocenters. The quantitative estimate of drug-likeness (QED) is 0.565. The molecule has 8 nitrogen and oxygen atoms in total. The fourth-order valence-electron chi connectivity index (χ4n) is 4.04. The van der Waals surface area contributed by atoms with Crippen molar-refractivity contribution in [3.05, 3.63) is 47.1 Å². The average molecular weight is 472 g/mol. The maximum absolute atomic E-state index is 13.6. The Balaban J connectivity index is 1.65. The number of hydrogen-bond donors (Lipinski definition) is 1. The normalized spacial score (nSPS) is 20.3. The number of rotatable bonds is 5. The van der Waals surface area contributed by atoms with Crippen molar-refractivity contribution in [2.45, 2.75) is 41.8 Å². The number of aromatic nitrogens is 3. The van der Waals surface area contributed by atoms with E-state index in [-0.39, 0.29) is 10.4 Å². The van der Waals surface area contributed by atoms with E-state index in [1.807, 2.05) is 18.2 Å². The van der Waals surface area contributed by atoms with E-state index in [2.05, 4.69) is 16.8 Å². The van der Waals surface area contributed by atoms with Gasteiger partial charge in [0.2, 0.25) is 14.2 Å². The summed E-state index contributed by atoms with van der Waals surface area (Å²) < 4.78 is 31.9. The van der Waals surface area contributed by atoms with Crippen molar-refractivity contribution in [1.82, 2.24) is 15.0 Å². The Bertz CT molecular complexity index is 1250. The summed E-state index contributed by atoms with van der Waals surface area (Å²) in [7, 11) is -3.67. The summed E-state index contributed by atoms with van der Waals surface area (Å²) >= 11 is 1.17. The molecule has 2 fully saturated rings. The van der Waals surface area contributed by atoms with E-state index < -0.39 is 14.6 Å². The number of hydrogen-bond acceptors (Lipinski definition) is 9. The Labute approximate surface area is 191 Å². The van der Waals surface area contributed by atoms with Gasteiger partial charge in [-0.2, -0.15) is 0 Å². The van der Waals surface area contributed by atoms with Crippen LogP contribution in [0.3, 0.4) is 0 Å². The molecule has 5 rings (SSSR count). The van der Waals surface area contributed by atoms with E-state index in [0.29, 0.717) is 55.5 Å². The standard InChI is InChI=1S/C22H25N5O3S2/c1-14-13-31-21(24-14)32(28,29)22(7-8-22)18-11-19(27-9-10-30-12-15(27)2)26-20(25-18)16-3-5-17(23)6-4-16/h3-6,11,13,15H,7-10,12,23H2,1-2H3/t15-/m0/s1. The summed E-state index contributed by atoms with van der Waals surface area (Å²) in [6, 6.07) is 9.28. The van der Waals surface area contributed by atoms with Gasteiger partial charge in [-0.1, -0.05) is 0 Å². The highest BCUT2D eigenvalue weighted by Gasteiger charge is 2.59. The minimum Gasteiger partial charge on any atom is -0.399 e. The SMILES string of the molecule is Cc1csc(S(=O)(=O)C2(c3cc(N4CCOC[C@@H]4C)nc(-c4ccc(N)cc4)n3)CC2)n1. The molecule has 1 atom stereocenters. The summed E-state index contributed by atoms with van der Waals surface area (Å²) in [4.78, 5) is 16.0. The zero-order valence-corrected chi connectivity index (χ0v) is 19.6. The summed E-state index contributed by atoms with van der Waals surface area (Å²) in [6.07, 6.45) is 1.04. The molecule has 0 radical (unpaired) electrons. The summed E-state index contributed by atoms with van der Waals surface area (Å²) in [6.45, 7) is 5.76. The molecule has 0 bridgehead atoms. The van der Waals surface area contributed by atoms with Gasteiger partial charge in [0.25, 0.3) is 0 Å². The first-order valence-electron chi connectivity index (χ1n) is 10.6. The number of benzene rings is 1. The van der Waals surface area contributed by atoms with Gasteiger partial charge in [0.1, 0.15) is 10.6 Å². The van der Waals surface area contributed by atoms with Crippen molar-refractivity contribution < 1.29 is 13.2 Å². The first-order valence-corrected chi connectivity index (χ1v) is 12.9. The number of anilines is 2. The highest BCUT2D eigenvalue weighted by atomic mass is 32.2.